The number of para-hydroxylation sites is 1. The van der Waals surface area contributed by atoms with Crippen LogP contribution in [0.25, 0.3) is 11.0 Å². The van der Waals surface area contributed by atoms with E-state index in [2.05, 4.69) is 5.32 Å². The molecule has 100 valence electrons. The van der Waals surface area contributed by atoms with Gasteiger partial charge in [0.25, 0.3) is 5.91 Å². The van der Waals surface area contributed by atoms with Crippen molar-refractivity contribution in [1.29, 1.82) is 0 Å². The molecule has 2 aromatic rings. The summed E-state index contributed by atoms with van der Waals surface area (Å²) in [5, 5.41) is 4.16. The van der Waals surface area contributed by atoms with Gasteiger partial charge in [0.1, 0.15) is 5.58 Å². The Morgan fingerprint density at radius 2 is 2.21 bits per heavy atom. The summed E-state index contributed by atoms with van der Waals surface area (Å²) in [4.78, 5) is 12.0. The van der Waals surface area contributed by atoms with Crippen molar-refractivity contribution in [3.8, 4) is 0 Å². The Kier molecular flexibility index (Phi) is 3.47. The highest BCUT2D eigenvalue weighted by atomic mass is 35.5. The summed E-state index contributed by atoms with van der Waals surface area (Å²) in [6.07, 6.45) is 3.13. The van der Waals surface area contributed by atoms with E-state index in [0.717, 1.165) is 30.2 Å². The van der Waals surface area contributed by atoms with Crippen molar-refractivity contribution in [2.45, 2.75) is 24.6 Å². The highest BCUT2D eigenvalue weighted by Gasteiger charge is 2.23. The number of furan rings is 1. The Morgan fingerprint density at radius 1 is 1.37 bits per heavy atom. The highest BCUT2D eigenvalue weighted by molar-refractivity contribution is 6.20. The number of alkyl halides is 1. The molecule has 1 fully saturated rings. The number of nitrogens with one attached hydrogen (secondary N) is 1. The van der Waals surface area contributed by atoms with E-state index >= 15 is 0 Å². The Balaban J connectivity index is 1.63. The Hall–Kier alpha value is -1.48. The molecular weight excluding hydrogens is 262 g/mol. The van der Waals surface area contributed by atoms with Gasteiger partial charge in [-0.1, -0.05) is 18.2 Å². The summed E-state index contributed by atoms with van der Waals surface area (Å²) < 4.78 is 5.53. The van der Waals surface area contributed by atoms with E-state index in [1.165, 1.54) is 0 Å². The number of carbonyl (C=O) groups is 1. The molecule has 1 aliphatic carbocycles. The van der Waals surface area contributed by atoms with Crippen LogP contribution >= 0.6 is 11.6 Å². The van der Waals surface area contributed by atoms with Crippen molar-refractivity contribution in [2.24, 2.45) is 5.92 Å². The lowest BCUT2D eigenvalue weighted by Crippen LogP contribution is -2.28. The molecule has 0 radical (unpaired) electrons. The molecule has 1 N–H and O–H groups in total. The summed E-state index contributed by atoms with van der Waals surface area (Å²) in [6, 6.07) is 9.40. The van der Waals surface area contributed by atoms with E-state index in [1.54, 1.807) is 6.07 Å². The second kappa shape index (κ2) is 5.25. The Morgan fingerprint density at radius 3 is 2.95 bits per heavy atom. The SMILES string of the molecule is O=C(NCC1CCC(Cl)C1)c1cc2ccccc2o1. The van der Waals surface area contributed by atoms with Crippen LogP contribution in [0.5, 0.6) is 0 Å². The first kappa shape index (κ1) is 12.5. The summed E-state index contributed by atoms with van der Waals surface area (Å²) in [6.45, 7) is 0.680. The van der Waals surface area contributed by atoms with Crippen molar-refractivity contribution < 1.29 is 9.21 Å². The molecule has 1 aliphatic rings. The van der Waals surface area contributed by atoms with Gasteiger partial charge in [0.05, 0.1) is 0 Å². The third kappa shape index (κ3) is 2.76. The van der Waals surface area contributed by atoms with Crippen LogP contribution in [0, 0.1) is 5.92 Å². The number of carbonyl (C=O) groups excluding carboxylic acids is 1. The zero-order valence-corrected chi connectivity index (χ0v) is 11.3. The summed E-state index contributed by atoms with van der Waals surface area (Å²) in [7, 11) is 0. The quantitative estimate of drug-likeness (QED) is 0.872. The molecule has 0 saturated heterocycles. The minimum atomic E-state index is -0.144. The third-order valence-electron chi connectivity index (χ3n) is 3.68. The normalized spacial score (nSPS) is 22.8. The maximum absolute atomic E-state index is 12.0. The average molecular weight is 278 g/mol. The molecule has 2 unspecified atom stereocenters. The van der Waals surface area contributed by atoms with Gasteiger partial charge in [-0.05, 0) is 37.3 Å². The molecule has 4 heteroatoms. The molecule has 0 aliphatic heterocycles. The van der Waals surface area contributed by atoms with Crippen LogP contribution in [0.3, 0.4) is 0 Å². The summed E-state index contributed by atoms with van der Waals surface area (Å²) >= 11 is 6.06. The fraction of sp³-hybridized carbons (Fsp3) is 0.400. The predicted molar refractivity (Wildman–Crippen MR) is 75.5 cm³/mol. The molecule has 2 atom stereocenters. The van der Waals surface area contributed by atoms with Crippen LogP contribution in [0.1, 0.15) is 29.8 Å². The van der Waals surface area contributed by atoms with Gasteiger partial charge in [-0.3, -0.25) is 4.79 Å². The lowest BCUT2D eigenvalue weighted by molar-refractivity contribution is 0.0922. The number of amides is 1. The number of hydrogen-bond donors (Lipinski definition) is 1. The van der Waals surface area contributed by atoms with Gasteiger partial charge < -0.3 is 9.73 Å². The van der Waals surface area contributed by atoms with Gasteiger partial charge in [0.15, 0.2) is 5.76 Å². The second-order valence-electron chi connectivity index (χ2n) is 5.13. The van der Waals surface area contributed by atoms with Crippen molar-refractivity contribution >= 4 is 28.5 Å². The van der Waals surface area contributed by atoms with Crippen molar-refractivity contribution in [2.75, 3.05) is 6.54 Å². The molecule has 1 aromatic carbocycles. The number of hydrogen-bond acceptors (Lipinski definition) is 2. The minimum absolute atomic E-state index is 0.144. The van der Waals surface area contributed by atoms with E-state index in [9.17, 15) is 4.79 Å². The first-order valence-corrected chi connectivity index (χ1v) is 7.07. The fourth-order valence-electron chi connectivity index (χ4n) is 2.62. The van der Waals surface area contributed by atoms with E-state index < -0.39 is 0 Å². The van der Waals surface area contributed by atoms with Gasteiger partial charge in [0.2, 0.25) is 0 Å². The molecule has 1 aromatic heterocycles. The largest absolute Gasteiger partial charge is 0.451 e. The van der Waals surface area contributed by atoms with E-state index in [-0.39, 0.29) is 11.3 Å². The molecule has 3 nitrogen and oxygen atoms in total. The first-order chi connectivity index (χ1) is 9.22. The summed E-state index contributed by atoms with van der Waals surface area (Å²) in [5.74, 6) is 0.728. The second-order valence-corrected chi connectivity index (χ2v) is 5.75. The van der Waals surface area contributed by atoms with Crippen LogP contribution in [0.4, 0.5) is 0 Å². The lowest BCUT2D eigenvalue weighted by atomic mass is 10.1. The van der Waals surface area contributed by atoms with Gasteiger partial charge in [0, 0.05) is 17.3 Å². The fourth-order valence-corrected chi connectivity index (χ4v) is 3.00. The lowest BCUT2D eigenvalue weighted by Gasteiger charge is -2.09. The topological polar surface area (TPSA) is 42.2 Å². The van der Waals surface area contributed by atoms with Crippen molar-refractivity contribution in [3.63, 3.8) is 0 Å². The van der Waals surface area contributed by atoms with Gasteiger partial charge in [-0.25, -0.2) is 0 Å². The number of halogens is 1. The van der Waals surface area contributed by atoms with Crippen LogP contribution in [-0.2, 0) is 0 Å². The third-order valence-corrected chi connectivity index (χ3v) is 4.07. The predicted octanol–water partition coefficient (Wildman–Crippen LogP) is 3.57. The van der Waals surface area contributed by atoms with Crippen molar-refractivity contribution in [3.05, 3.63) is 36.1 Å². The molecule has 0 spiro atoms. The van der Waals surface area contributed by atoms with Gasteiger partial charge >= 0.3 is 0 Å². The summed E-state index contributed by atoms with van der Waals surface area (Å²) in [5.41, 5.74) is 0.745. The smallest absolute Gasteiger partial charge is 0.287 e. The monoisotopic (exact) mass is 277 g/mol. The number of benzene rings is 1. The standard InChI is InChI=1S/C15H16ClNO2/c16-12-6-5-10(7-12)9-17-15(18)14-8-11-3-1-2-4-13(11)19-14/h1-4,8,10,12H,5-7,9H2,(H,17,18). The maximum atomic E-state index is 12.0. The maximum Gasteiger partial charge on any atom is 0.287 e. The van der Waals surface area contributed by atoms with Crippen LogP contribution in [-0.4, -0.2) is 17.8 Å². The molecule has 1 heterocycles. The zero-order chi connectivity index (χ0) is 13.2. The van der Waals surface area contributed by atoms with E-state index in [1.807, 2.05) is 24.3 Å². The average Bonchev–Trinajstić information content (AvgIpc) is 3.01. The molecule has 3 rings (SSSR count). The van der Waals surface area contributed by atoms with Crippen molar-refractivity contribution in [1.82, 2.24) is 5.32 Å². The number of rotatable bonds is 3. The molecule has 19 heavy (non-hydrogen) atoms. The zero-order valence-electron chi connectivity index (χ0n) is 10.6. The molecule has 1 saturated carbocycles. The minimum Gasteiger partial charge on any atom is -0.451 e. The molecule has 1 amide bonds. The van der Waals surface area contributed by atoms with Crippen LogP contribution in [0.2, 0.25) is 0 Å². The van der Waals surface area contributed by atoms with E-state index in [0.29, 0.717) is 18.2 Å². The van der Waals surface area contributed by atoms with E-state index in [4.69, 9.17) is 16.0 Å². The van der Waals surface area contributed by atoms with Crippen LogP contribution < -0.4 is 5.32 Å². The Bertz CT molecular complexity index is 560. The number of fused-ring (bicyclic) bond motifs is 1. The van der Waals surface area contributed by atoms with Gasteiger partial charge in [-0.2, -0.15) is 0 Å². The first-order valence-electron chi connectivity index (χ1n) is 6.63. The van der Waals surface area contributed by atoms with Gasteiger partial charge in [-0.15, -0.1) is 11.6 Å². The molecule has 0 bridgehead atoms. The highest BCUT2D eigenvalue weighted by Crippen LogP contribution is 2.28. The molecular formula is C15H16ClNO2. The van der Waals surface area contributed by atoms with Crippen LogP contribution in [0.15, 0.2) is 34.7 Å². The Labute approximate surface area is 116 Å².